The Labute approximate surface area is 83.6 Å². The van der Waals surface area contributed by atoms with Gasteiger partial charge in [0.2, 0.25) is 0 Å². The molecule has 1 aromatic rings. The van der Waals surface area contributed by atoms with Gasteiger partial charge in [-0.3, -0.25) is 0 Å². The molecular formula is C7H4BrNZn-. The molecule has 0 unspecified atom stereocenters. The smallest absolute Gasteiger partial charge is 0.0991 e. The molecule has 47 valence electrons. The summed E-state index contributed by atoms with van der Waals surface area (Å²) in [4.78, 5) is 0. The summed E-state index contributed by atoms with van der Waals surface area (Å²) in [5, 5.41) is 8.27. The molecule has 0 spiro atoms. The van der Waals surface area contributed by atoms with Gasteiger partial charge in [0.05, 0.1) is 11.6 Å². The van der Waals surface area contributed by atoms with Crippen LogP contribution in [0.1, 0.15) is 5.56 Å². The van der Waals surface area contributed by atoms with E-state index in [2.05, 4.69) is 6.07 Å². The maximum Gasteiger partial charge on any atom is 0.0991 e. The van der Waals surface area contributed by atoms with Gasteiger partial charge in [-0.05, 0) is 18.2 Å². The minimum atomic E-state index is 0. The third-order valence-corrected chi connectivity index (χ3v) is 0.836. The van der Waals surface area contributed by atoms with Crippen LogP contribution >= 0.6 is 0 Å². The predicted octanol–water partition coefficient (Wildman–Crippen LogP) is -1.64. The number of rotatable bonds is 0. The Kier molecular flexibility index (Phi) is 8.65. The van der Waals surface area contributed by atoms with Crippen LogP contribution in [-0.4, -0.2) is 0 Å². The number of hydrogen-bond donors (Lipinski definition) is 0. The molecule has 0 aromatic heterocycles. The number of hydrogen-bond acceptors (Lipinski definition) is 1. The number of halogens is 1. The van der Waals surface area contributed by atoms with Crippen LogP contribution in [0.3, 0.4) is 0 Å². The third-order valence-electron chi connectivity index (χ3n) is 0.836. The molecule has 0 fully saturated rings. The summed E-state index contributed by atoms with van der Waals surface area (Å²) in [6.45, 7) is 0. The minimum Gasteiger partial charge on any atom is -1.00 e. The van der Waals surface area contributed by atoms with Crippen LogP contribution in [-0.2, 0) is 19.5 Å². The molecule has 3 heteroatoms. The van der Waals surface area contributed by atoms with Gasteiger partial charge >= 0.3 is 0 Å². The monoisotopic (exact) mass is 245 g/mol. The maximum atomic E-state index is 8.27. The van der Waals surface area contributed by atoms with E-state index in [0.717, 1.165) is 0 Å². The molecule has 0 aliphatic rings. The molecule has 0 aliphatic heterocycles. The van der Waals surface area contributed by atoms with Crippen molar-refractivity contribution < 1.29 is 36.5 Å². The number of nitriles is 1. The summed E-state index contributed by atoms with van der Waals surface area (Å²) in [5.41, 5.74) is 0.660. The largest absolute Gasteiger partial charge is 1.00 e. The fraction of sp³-hybridized carbons (Fsp3) is 0. The van der Waals surface area contributed by atoms with Crippen LogP contribution < -0.4 is 17.0 Å². The molecule has 0 saturated heterocycles. The Hall–Kier alpha value is -0.187. The normalized spacial score (nSPS) is 6.30. The van der Waals surface area contributed by atoms with Crippen molar-refractivity contribution in [2.75, 3.05) is 0 Å². The van der Waals surface area contributed by atoms with Gasteiger partial charge in [-0.15, -0.1) is 0 Å². The van der Waals surface area contributed by atoms with E-state index in [4.69, 9.17) is 5.26 Å². The third kappa shape index (κ3) is 3.77. The molecule has 10 heavy (non-hydrogen) atoms. The Bertz CT molecular complexity index is 205. The molecule has 0 atom stereocenters. The van der Waals surface area contributed by atoms with E-state index >= 15 is 0 Å². The Balaban J connectivity index is 0. The van der Waals surface area contributed by atoms with Gasteiger partial charge in [-0.25, -0.2) is 0 Å². The quantitative estimate of drug-likeness (QED) is 0.505. The molecule has 0 bridgehead atoms. The molecular weight excluding hydrogens is 243 g/mol. The Morgan fingerprint density at radius 2 is 2.20 bits per heavy atom. The van der Waals surface area contributed by atoms with Crippen LogP contribution in [0, 0.1) is 17.4 Å². The first kappa shape index (κ1) is 12.5. The fourth-order valence-corrected chi connectivity index (χ4v) is 0.463. The molecule has 1 aromatic carbocycles. The van der Waals surface area contributed by atoms with Crippen LogP contribution in [0.15, 0.2) is 24.3 Å². The first-order valence-corrected chi connectivity index (χ1v) is 2.29. The molecule has 1 radical (unpaired) electrons. The number of nitrogens with zero attached hydrogens (tertiary/aromatic N) is 1. The van der Waals surface area contributed by atoms with Crippen molar-refractivity contribution in [3.8, 4) is 6.07 Å². The second-order valence-corrected chi connectivity index (χ2v) is 1.40. The van der Waals surface area contributed by atoms with Gasteiger partial charge in [0.15, 0.2) is 0 Å². The zero-order valence-electron chi connectivity index (χ0n) is 5.34. The molecule has 0 aliphatic carbocycles. The van der Waals surface area contributed by atoms with Crippen molar-refractivity contribution in [3.05, 3.63) is 35.9 Å². The SMILES string of the molecule is N#Cc1c[c]ccc1.[Br-].[Zn]. The standard InChI is InChI=1S/C7H4N.BrH.Zn/c8-6-7-4-2-1-3-5-7;;/h1-2,4-5H;1H;/p-1. The first-order chi connectivity index (χ1) is 3.93. The minimum absolute atomic E-state index is 0. The average Bonchev–Trinajstić information content (AvgIpc) is 1.90. The molecule has 1 rings (SSSR count). The zero-order chi connectivity index (χ0) is 5.82. The zero-order valence-corrected chi connectivity index (χ0v) is 9.89. The van der Waals surface area contributed by atoms with Crippen molar-refractivity contribution in [2.45, 2.75) is 0 Å². The summed E-state index contributed by atoms with van der Waals surface area (Å²) in [6.07, 6.45) is 0. The van der Waals surface area contributed by atoms with Gasteiger partial charge < -0.3 is 17.0 Å². The summed E-state index contributed by atoms with van der Waals surface area (Å²) in [7, 11) is 0. The van der Waals surface area contributed by atoms with Crippen molar-refractivity contribution in [2.24, 2.45) is 0 Å². The van der Waals surface area contributed by atoms with Crippen LogP contribution in [0.2, 0.25) is 0 Å². The van der Waals surface area contributed by atoms with E-state index in [0.29, 0.717) is 5.56 Å². The van der Waals surface area contributed by atoms with Crippen LogP contribution in [0.4, 0.5) is 0 Å². The molecule has 1 nitrogen and oxygen atoms in total. The van der Waals surface area contributed by atoms with E-state index in [1.807, 2.05) is 6.07 Å². The van der Waals surface area contributed by atoms with Gasteiger partial charge in [0.1, 0.15) is 0 Å². The van der Waals surface area contributed by atoms with Crippen LogP contribution in [0.5, 0.6) is 0 Å². The Morgan fingerprint density at radius 3 is 2.50 bits per heavy atom. The maximum absolute atomic E-state index is 8.27. The molecule has 0 amide bonds. The van der Waals surface area contributed by atoms with E-state index in [1.165, 1.54) is 0 Å². The van der Waals surface area contributed by atoms with E-state index in [-0.39, 0.29) is 36.5 Å². The summed E-state index contributed by atoms with van der Waals surface area (Å²) >= 11 is 0. The topological polar surface area (TPSA) is 23.8 Å². The fourth-order valence-electron chi connectivity index (χ4n) is 0.463. The van der Waals surface area contributed by atoms with Crippen molar-refractivity contribution in [1.29, 1.82) is 5.26 Å². The second kappa shape index (κ2) is 6.93. The molecule has 0 N–H and O–H groups in total. The van der Waals surface area contributed by atoms with Gasteiger partial charge in [-0.1, -0.05) is 12.1 Å². The van der Waals surface area contributed by atoms with E-state index < -0.39 is 0 Å². The van der Waals surface area contributed by atoms with Crippen molar-refractivity contribution >= 4 is 0 Å². The van der Waals surface area contributed by atoms with E-state index in [1.54, 1.807) is 24.3 Å². The van der Waals surface area contributed by atoms with Gasteiger partial charge in [-0.2, -0.15) is 5.26 Å². The second-order valence-electron chi connectivity index (χ2n) is 1.40. The van der Waals surface area contributed by atoms with Crippen LogP contribution in [0.25, 0.3) is 0 Å². The predicted molar refractivity (Wildman–Crippen MR) is 30.0 cm³/mol. The average molecular weight is 247 g/mol. The van der Waals surface area contributed by atoms with Crippen molar-refractivity contribution in [1.82, 2.24) is 0 Å². The van der Waals surface area contributed by atoms with Gasteiger partial charge in [0.25, 0.3) is 0 Å². The summed E-state index contributed by atoms with van der Waals surface area (Å²) in [6, 6.07) is 11.7. The molecule has 0 heterocycles. The Morgan fingerprint density at radius 1 is 1.50 bits per heavy atom. The first-order valence-electron chi connectivity index (χ1n) is 2.29. The molecule has 0 saturated carbocycles. The summed E-state index contributed by atoms with van der Waals surface area (Å²) < 4.78 is 0. The van der Waals surface area contributed by atoms with Crippen molar-refractivity contribution in [3.63, 3.8) is 0 Å². The van der Waals surface area contributed by atoms with E-state index in [9.17, 15) is 0 Å². The summed E-state index contributed by atoms with van der Waals surface area (Å²) in [5.74, 6) is 0. The number of benzene rings is 1. The van der Waals surface area contributed by atoms with Gasteiger partial charge in [0, 0.05) is 19.5 Å².